The molecule has 5 nitrogen and oxygen atoms in total. The number of anilines is 1. The molecule has 0 fully saturated rings. The van der Waals surface area contributed by atoms with E-state index >= 15 is 0 Å². The minimum Gasteiger partial charge on any atom is -0.325 e. The van der Waals surface area contributed by atoms with Gasteiger partial charge < -0.3 is 10.6 Å². The lowest BCUT2D eigenvalue weighted by molar-refractivity contribution is -0.121. The van der Waals surface area contributed by atoms with Gasteiger partial charge in [-0.25, -0.2) is 0 Å². The molecular formula is C22H19Br2N3O2S. The summed E-state index contributed by atoms with van der Waals surface area (Å²) in [5.41, 5.74) is 4.05. The van der Waals surface area contributed by atoms with Gasteiger partial charge in [0.15, 0.2) is 0 Å². The molecule has 2 amide bonds. The number of rotatable bonds is 5. The monoisotopic (exact) mass is 547 g/mol. The Labute approximate surface area is 196 Å². The lowest BCUT2D eigenvalue weighted by atomic mass is 9.87. The van der Waals surface area contributed by atoms with Crippen LogP contribution in [0.25, 0.3) is 0 Å². The largest absolute Gasteiger partial charge is 0.325 e. The van der Waals surface area contributed by atoms with Gasteiger partial charge in [0.2, 0.25) is 11.8 Å². The maximum atomic E-state index is 12.5. The second-order valence-electron chi connectivity index (χ2n) is 6.97. The van der Waals surface area contributed by atoms with Gasteiger partial charge in [-0.1, -0.05) is 55.8 Å². The van der Waals surface area contributed by atoms with Gasteiger partial charge in [0.25, 0.3) is 0 Å². The van der Waals surface area contributed by atoms with Crippen molar-refractivity contribution in [3.63, 3.8) is 0 Å². The zero-order valence-electron chi connectivity index (χ0n) is 16.4. The van der Waals surface area contributed by atoms with Crippen molar-refractivity contribution in [2.24, 2.45) is 0 Å². The lowest BCUT2D eigenvalue weighted by Crippen LogP contribution is -2.31. The fourth-order valence-corrected chi connectivity index (χ4v) is 5.34. The number of nitrogens with one attached hydrogen (secondary N) is 2. The molecule has 0 bridgehead atoms. The third-order valence-electron chi connectivity index (χ3n) is 4.72. The summed E-state index contributed by atoms with van der Waals surface area (Å²) in [5, 5.41) is 15.9. The molecular weight excluding hydrogens is 530 g/mol. The average molecular weight is 549 g/mol. The first-order chi connectivity index (χ1) is 14.3. The Morgan fingerprint density at radius 1 is 1.23 bits per heavy atom. The molecule has 0 unspecified atom stereocenters. The SMILES string of the molecule is Cc1cc(Br)cc(C)c1NC(=O)CSC1=C(C#N)[C@@H](c2cccc(Br)c2)CC(=O)N1. The number of halogens is 2. The van der Waals surface area contributed by atoms with Crippen molar-refractivity contribution in [3.8, 4) is 6.07 Å². The molecule has 154 valence electrons. The van der Waals surface area contributed by atoms with Crippen LogP contribution in [0, 0.1) is 25.2 Å². The summed E-state index contributed by atoms with van der Waals surface area (Å²) < 4.78 is 1.84. The Hall–Kier alpha value is -2.08. The Morgan fingerprint density at radius 2 is 1.93 bits per heavy atom. The summed E-state index contributed by atoms with van der Waals surface area (Å²) in [6.45, 7) is 3.86. The number of hydrogen-bond acceptors (Lipinski definition) is 4. The van der Waals surface area contributed by atoms with Crippen LogP contribution in [0.4, 0.5) is 5.69 Å². The Morgan fingerprint density at radius 3 is 2.57 bits per heavy atom. The standard InChI is InChI=1S/C22H19Br2N3O2S/c1-12-6-16(24)7-13(2)21(12)26-20(29)11-30-22-18(10-25)17(9-19(28)27-22)14-4-3-5-15(23)8-14/h3-8,17H,9,11H2,1-2H3,(H,26,29)(H,27,28)/t17-/m1/s1. The number of amides is 2. The quantitative estimate of drug-likeness (QED) is 0.514. The van der Waals surface area contributed by atoms with Crippen LogP contribution in [0.5, 0.6) is 0 Å². The zero-order chi connectivity index (χ0) is 21.8. The summed E-state index contributed by atoms with van der Waals surface area (Å²) in [7, 11) is 0. The van der Waals surface area contributed by atoms with E-state index < -0.39 is 0 Å². The van der Waals surface area contributed by atoms with E-state index in [2.05, 4.69) is 48.6 Å². The molecule has 0 aliphatic carbocycles. The van der Waals surface area contributed by atoms with Crippen LogP contribution in [0.3, 0.4) is 0 Å². The van der Waals surface area contributed by atoms with E-state index in [1.54, 1.807) is 0 Å². The molecule has 2 N–H and O–H groups in total. The molecule has 2 aromatic carbocycles. The van der Waals surface area contributed by atoms with Crippen LogP contribution in [-0.2, 0) is 9.59 Å². The molecule has 1 atom stereocenters. The van der Waals surface area contributed by atoms with Crippen LogP contribution in [0.15, 0.2) is 55.9 Å². The van der Waals surface area contributed by atoms with Gasteiger partial charge in [-0.15, -0.1) is 0 Å². The number of carbonyl (C=O) groups excluding carboxylic acids is 2. The van der Waals surface area contributed by atoms with Gasteiger partial charge in [-0.05, 0) is 54.8 Å². The van der Waals surface area contributed by atoms with Crippen LogP contribution >= 0.6 is 43.6 Å². The first kappa shape index (κ1) is 22.6. The lowest BCUT2D eigenvalue weighted by Gasteiger charge is -2.25. The highest BCUT2D eigenvalue weighted by Crippen LogP contribution is 2.36. The Balaban J connectivity index is 1.78. The minimum absolute atomic E-state index is 0.0843. The van der Waals surface area contributed by atoms with Gasteiger partial charge in [0, 0.05) is 27.0 Å². The smallest absolute Gasteiger partial charge is 0.234 e. The van der Waals surface area contributed by atoms with Crippen LogP contribution in [0.2, 0.25) is 0 Å². The summed E-state index contributed by atoms with van der Waals surface area (Å²) in [4.78, 5) is 24.8. The fraction of sp³-hybridized carbons (Fsp3) is 0.227. The molecule has 2 aromatic rings. The molecule has 8 heteroatoms. The molecule has 0 saturated heterocycles. The van der Waals surface area contributed by atoms with Crippen LogP contribution in [0.1, 0.15) is 29.0 Å². The van der Waals surface area contributed by atoms with E-state index in [1.165, 1.54) is 11.8 Å². The summed E-state index contributed by atoms with van der Waals surface area (Å²) in [5.74, 6) is -0.609. The topological polar surface area (TPSA) is 82.0 Å². The van der Waals surface area contributed by atoms with E-state index in [4.69, 9.17) is 0 Å². The van der Waals surface area contributed by atoms with E-state index in [1.807, 2.05) is 50.2 Å². The summed E-state index contributed by atoms with van der Waals surface area (Å²) in [6, 6.07) is 13.7. The van der Waals surface area contributed by atoms with E-state index in [0.717, 1.165) is 31.3 Å². The number of allylic oxidation sites excluding steroid dienone is 1. The van der Waals surface area contributed by atoms with Crippen molar-refractivity contribution >= 4 is 61.1 Å². The van der Waals surface area contributed by atoms with Gasteiger partial charge in [0.05, 0.1) is 22.4 Å². The highest BCUT2D eigenvalue weighted by Gasteiger charge is 2.30. The molecule has 0 spiro atoms. The number of benzene rings is 2. The molecule has 0 radical (unpaired) electrons. The zero-order valence-corrected chi connectivity index (χ0v) is 20.4. The maximum absolute atomic E-state index is 12.5. The van der Waals surface area contributed by atoms with E-state index in [9.17, 15) is 14.9 Å². The van der Waals surface area contributed by atoms with E-state index in [0.29, 0.717) is 10.6 Å². The highest BCUT2D eigenvalue weighted by molar-refractivity contribution is 9.10. The minimum atomic E-state index is -0.331. The van der Waals surface area contributed by atoms with Gasteiger partial charge in [0.1, 0.15) is 0 Å². The normalized spacial score (nSPS) is 16.1. The number of nitriles is 1. The van der Waals surface area contributed by atoms with Crippen molar-refractivity contribution in [1.29, 1.82) is 5.26 Å². The number of carbonyl (C=O) groups is 2. The Kier molecular flexibility index (Phi) is 7.40. The Bertz CT molecular complexity index is 1070. The molecule has 30 heavy (non-hydrogen) atoms. The summed E-state index contributed by atoms with van der Waals surface area (Å²) >= 11 is 8.06. The van der Waals surface area contributed by atoms with Crippen LogP contribution in [-0.4, -0.2) is 17.6 Å². The third kappa shape index (κ3) is 5.34. The molecule has 1 aliphatic rings. The molecule has 0 saturated carbocycles. The molecule has 3 rings (SSSR count). The van der Waals surface area contributed by atoms with Gasteiger partial charge in [-0.2, -0.15) is 5.26 Å². The van der Waals surface area contributed by atoms with Crippen LogP contribution < -0.4 is 10.6 Å². The second-order valence-corrected chi connectivity index (χ2v) is 9.78. The maximum Gasteiger partial charge on any atom is 0.234 e. The van der Waals surface area contributed by atoms with Crippen molar-refractivity contribution in [1.82, 2.24) is 5.32 Å². The highest BCUT2D eigenvalue weighted by atomic mass is 79.9. The predicted octanol–water partition coefficient (Wildman–Crippen LogP) is 5.54. The van der Waals surface area contributed by atoms with Crippen molar-refractivity contribution in [2.45, 2.75) is 26.2 Å². The average Bonchev–Trinajstić information content (AvgIpc) is 2.68. The molecule has 0 aromatic heterocycles. The predicted molar refractivity (Wildman–Crippen MR) is 127 cm³/mol. The number of thioether (sulfide) groups is 1. The van der Waals surface area contributed by atoms with Crippen molar-refractivity contribution in [2.75, 3.05) is 11.1 Å². The van der Waals surface area contributed by atoms with E-state index in [-0.39, 0.29) is 29.9 Å². The van der Waals surface area contributed by atoms with Gasteiger partial charge in [-0.3, -0.25) is 9.59 Å². The number of hydrogen-bond donors (Lipinski definition) is 2. The van der Waals surface area contributed by atoms with Crippen molar-refractivity contribution < 1.29 is 9.59 Å². The number of nitrogens with zero attached hydrogens (tertiary/aromatic N) is 1. The summed E-state index contributed by atoms with van der Waals surface area (Å²) in [6.07, 6.45) is 0.201. The molecule has 1 aliphatic heterocycles. The third-order valence-corrected chi connectivity index (χ3v) is 6.68. The first-order valence-electron chi connectivity index (χ1n) is 9.17. The molecule has 1 heterocycles. The number of aryl methyl sites for hydroxylation is 2. The van der Waals surface area contributed by atoms with Crippen molar-refractivity contribution in [3.05, 3.63) is 72.6 Å². The fourth-order valence-electron chi connectivity index (χ4n) is 3.36. The first-order valence-corrected chi connectivity index (χ1v) is 11.7. The van der Waals surface area contributed by atoms with Gasteiger partial charge >= 0.3 is 0 Å². The second kappa shape index (κ2) is 9.82.